The molecule has 0 radical (unpaired) electrons. The van der Waals surface area contributed by atoms with E-state index in [1.165, 1.54) is 25.2 Å². The van der Waals surface area contributed by atoms with Gasteiger partial charge in [-0.25, -0.2) is 13.1 Å². The molecule has 2 aromatic carbocycles. The third kappa shape index (κ3) is 5.06. The number of sulfonamides is 1. The molecule has 0 aliphatic rings. The van der Waals surface area contributed by atoms with Crippen molar-refractivity contribution in [3.05, 3.63) is 59.7 Å². The predicted octanol–water partition coefficient (Wildman–Crippen LogP) is 2.53. The van der Waals surface area contributed by atoms with E-state index in [1.807, 2.05) is 24.3 Å². The molecule has 140 valence electrons. The van der Waals surface area contributed by atoms with Crippen molar-refractivity contribution in [3.8, 4) is 5.75 Å². The minimum absolute atomic E-state index is 0.0507. The number of para-hydroxylation sites is 1. The first-order valence-electron chi connectivity index (χ1n) is 8.38. The topological polar surface area (TPSA) is 84.5 Å². The molecule has 0 aliphatic carbocycles. The van der Waals surface area contributed by atoms with Crippen molar-refractivity contribution in [1.82, 2.24) is 10.0 Å². The van der Waals surface area contributed by atoms with Crippen molar-refractivity contribution in [2.24, 2.45) is 0 Å². The van der Waals surface area contributed by atoms with Gasteiger partial charge in [-0.15, -0.1) is 0 Å². The van der Waals surface area contributed by atoms with Gasteiger partial charge in [-0.3, -0.25) is 4.79 Å². The second kappa shape index (κ2) is 8.82. The monoisotopic (exact) mass is 376 g/mol. The van der Waals surface area contributed by atoms with Gasteiger partial charge in [-0.1, -0.05) is 38.1 Å². The highest BCUT2D eigenvalue weighted by atomic mass is 32.2. The van der Waals surface area contributed by atoms with Crippen molar-refractivity contribution >= 4 is 15.9 Å². The molecule has 0 saturated carbocycles. The molecule has 26 heavy (non-hydrogen) atoms. The molecule has 6 nitrogen and oxygen atoms in total. The van der Waals surface area contributed by atoms with Crippen LogP contribution in [0.15, 0.2) is 53.4 Å². The van der Waals surface area contributed by atoms with E-state index in [0.717, 1.165) is 11.3 Å². The summed E-state index contributed by atoms with van der Waals surface area (Å²) in [5, 5.41) is 2.74. The average molecular weight is 376 g/mol. The fourth-order valence-electron chi connectivity index (χ4n) is 2.44. The second-order valence-electron chi connectivity index (χ2n) is 6.03. The Morgan fingerprint density at radius 1 is 1.12 bits per heavy atom. The smallest absolute Gasteiger partial charge is 0.251 e. The Labute approximate surface area is 154 Å². The lowest BCUT2D eigenvalue weighted by Crippen LogP contribution is -2.28. The summed E-state index contributed by atoms with van der Waals surface area (Å²) in [4.78, 5) is 12.3. The van der Waals surface area contributed by atoms with Crippen molar-refractivity contribution in [3.63, 3.8) is 0 Å². The number of ether oxygens (including phenoxy) is 1. The number of amides is 1. The van der Waals surface area contributed by atoms with E-state index in [4.69, 9.17) is 4.74 Å². The van der Waals surface area contributed by atoms with Crippen LogP contribution in [0.2, 0.25) is 0 Å². The molecule has 1 amide bonds. The van der Waals surface area contributed by atoms with Gasteiger partial charge in [0, 0.05) is 5.56 Å². The summed E-state index contributed by atoms with van der Waals surface area (Å²) in [6.07, 6.45) is 0. The average Bonchev–Trinajstić information content (AvgIpc) is 2.65. The van der Waals surface area contributed by atoms with Gasteiger partial charge in [0.15, 0.2) is 0 Å². The van der Waals surface area contributed by atoms with Crippen LogP contribution >= 0.6 is 0 Å². The van der Waals surface area contributed by atoms with Crippen molar-refractivity contribution in [2.45, 2.75) is 24.7 Å². The number of benzene rings is 2. The van der Waals surface area contributed by atoms with Gasteiger partial charge in [0.25, 0.3) is 5.91 Å². The Morgan fingerprint density at radius 3 is 2.54 bits per heavy atom. The largest absolute Gasteiger partial charge is 0.491 e. The minimum Gasteiger partial charge on any atom is -0.491 e. The molecule has 0 atom stereocenters. The molecule has 0 aliphatic heterocycles. The quantitative estimate of drug-likeness (QED) is 0.694. The first-order chi connectivity index (χ1) is 12.3. The molecule has 0 saturated heterocycles. The molecule has 2 rings (SSSR count). The van der Waals surface area contributed by atoms with Crippen LogP contribution in [0.25, 0.3) is 0 Å². The van der Waals surface area contributed by atoms with Crippen LogP contribution in [0.1, 0.15) is 35.7 Å². The van der Waals surface area contributed by atoms with Crippen LogP contribution < -0.4 is 14.8 Å². The van der Waals surface area contributed by atoms with Gasteiger partial charge in [0.2, 0.25) is 10.0 Å². The summed E-state index contributed by atoms with van der Waals surface area (Å²) in [6.45, 7) is 4.82. The first kappa shape index (κ1) is 19.9. The number of rotatable bonds is 8. The zero-order chi connectivity index (χ0) is 19.2. The van der Waals surface area contributed by atoms with Gasteiger partial charge in [-0.2, -0.15) is 0 Å². The maximum absolute atomic E-state index is 12.2. The molecule has 7 heteroatoms. The number of nitrogens with one attached hydrogen (secondary N) is 2. The summed E-state index contributed by atoms with van der Waals surface area (Å²) in [7, 11) is -2.26. The van der Waals surface area contributed by atoms with Crippen molar-refractivity contribution in [1.29, 1.82) is 0 Å². The molecule has 0 spiro atoms. The molecule has 0 bridgehead atoms. The van der Waals surface area contributed by atoms with Crippen LogP contribution in [0.3, 0.4) is 0 Å². The second-order valence-corrected chi connectivity index (χ2v) is 7.92. The molecular weight excluding hydrogens is 352 g/mol. The maximum atomic E-state index is 12.2. The fourth-order valence-corrected chi connectivity index (χ4v) is 3.21. The molecule has 0 unspecified atom stereocenters. The standard InChI is InChI=1S/C19H24N2O4S/c1-14(2)17-9-4-5-10-18(17)25-12-11-21-19(22)15-7-6-8-16(13-15)26(23,24)20-3/h4-10,13-14,20H,11-12H2,1-3H3,(H,21,22). The third-order valence-electron chi connectivity index (χ3n) is 3.86. The summed E-state index contributed by atoms with van der Waals surface area (Å²) in [5.41, 5.74) is 1.40. The van der Waals surface area contributed by atoms with E-state index in [0.29, 0.717) is 19.1 Å². The normalized spacial score (nSPS) is 11.4. The van der Waals surface area contributed by atoms with Crippen molar-refractivity contribution in [2.75, 3.05) is 20.2 Å². The number of carbonyl (C=O) groups excluding carboxylic acids is 1. The molecule has 0 heterocycles. The van der Waals surface area contributed by atoms with Crippen molar-refractivity contribution < 1.29 is 17.9 Å². The van der Waals surface area contributed by atoms with E-state index in [9.17, 15) is 13.2 Å². The van der Waals surface area contributed by atoms with Crippen LogP contribution in [0.5, 0.6) is 5.75 Å². The summed E-state index contributed by atoms with van der Waals surface area (Å²) < 4.78 is 31.6. The minimum atomic E-state index is -3.58. The first-order valence-corrected chi connectivity index (χ1v) is 9.87. The third-order valence-corrected chi connectivity index (χ3v) is 5.27. The summed E-state index contributed by atoms with van der Waals surface area (Å²) in [6, 6.07) is 13.7. The molecule has 2 aromatic rings. The highest BCUT2D eigenvalue weighted by Gasteiger charge is 2.14. The van der Waals surface area contributed by atoms with Gasteiger partial charge in [0.05, 0.1) is 11.4 Å². The Bertz CT molecular complexity index is 863. The summed E-state index contributed by atoms with van der Waals surface area (Å²) >= 11 is 0. The lowest BCUT2D eigenvalue weighted by molar-refractivity contribution is 0.0946. The van der Waals surface area contributed by atoms with Crippen LogP contribution in [-0.2, 0) is 10.0 Å². The number of carbonyl (C=O) groups is 1. The zero-order valence-electron chi connectivity index (χ0n) is 15.2. The van der Waals surface area contributed by atoms with Gasteiger partial charge < -0.3 is 10.1 Å². The lowest BCUT2D eigenvalue weighted by Gasteiger charge is -2.14. The Kier molecular flexibility index (Phi) is 6.76. The van der Waals surface area contributed by atoms with E-state index in [2.05, 4.69) is 23.9 Å². The lowest BCUT2D eigenvalue weighted by atomic mass is 10.0. The van der Waals surface area contributed by atoms with Gasteiger partial charge >= 0.3 is 0 Å². The van der Waals surface area contributed by atoms with Crippen LogP contribution in [0.4, 0.5) is 0 Å². The molecule has 0 aromatic heterocycles. The fraction of sp³-hybridized carbons (Fsp3) is 0.316. The van der Waals surface area contributed by atoms with E-state index < -0.39 is 10.0 Å². The van der Waals surface area contributed by atoms with E-state index in [1.54, 1.807) is 6.07 Å². The Morgan fingerprint density at radius 2 is 1.85 bits per heavy atom. The maximum Gasteiger partial charge on any atom is 0.251 e. The van der Waals surface area contributed by atoms with Crippen LogP contribution in [-0.4, -0.2) is 34.5 Å². The molecule has 0 fully saturated rings. The predicted molar refractivity (Wildman–Crippen MR) is 101 cm³/mol. The van der Waals surface area contributed by atoms with Gasteiger partial charge in [-0.05, 0) is 42.8 Å². The Balaban J connectivity index is 1.93. The molecule has 2 N–H and O–H groups in total. The highest BCUT2D eigenvalue weighted by Crippen LogP contribution is 2.25. The highest BCUT2D eigenvalue weighted by molar-refractivity contribution is 7.89. The van der Waals surface area contributed by atoms with E-state index >= 15 is 0 Å². The summed E-state index contributed by atoms with van der Waals surface area (Å²) in [5.74, 6) is 0.801. The molecular formula is C19H24N2O4S. The SMILES string of the molecule is CNS(=O)(=O)c1cccc(C(=O)NCCOc2ccccc2C(C)C)c1. The Hall–Kier alpha value is -2.38. The van der Waals surface area contributed by atoms with Gasteiger partial charge in [0.1, 0.15) is 12.4 Å². The van der Waals surface area contributed by atoms with E-state index in [-0.39, 0.29) is 16.4 Å². The number of hydrogen-bond donors (Lipinski definition) is 2. The zero-order valence-corrected chi connectivity index (χ0v) is 16.0. The van der Waals surface area contributed by atoms with Crippen LogP contribution in [0, 0.1) is 0 Å². The number of hydrogen-bond acceptors (Lipinski definition) is 4.